The molecule has 23 heavy (non-hydrogen) atoms. The Kier molecular flexibility index (Phi) is 5.46. The van der Waals surface area contributed by atoms with Crippen LogP contribution in [0, 0.1) is 6.92 Å². The maximum absolute atomic E-state index is 4.64. The summed E-state index contributed by atoms with van der Waals surface area (Å²) in [5.41, 5.74) is 2.24. The average molecular weight is 310 g/mol. The van der Waals surface area contributed by atoms with Gasteiger partial charge in [0.25, 0.3) is 0 Å². The molecule has 0 amide bonds. The van der Waals surface area contributed by atoms with E-state index in [1.807, 2.05) is 19.1 Å². The van der Waals surface area contributed by atoms with Crippen LogP contribution in [0.5, 0.6) is 0 Å². The molecule has 4 nitrogen and oxygen atoms in total. The molecule has 0 saturated heterocycles. The van der Waals surface area contributed by atoms with Crippen LogP contribution in [0.15, 0.2) is 36.4 Å². The molecule has 1 aromatic heterocycles. The molecule has 0 bridgehead atoms. The Bertz CT molecular complexity index is 604. The molecule has 3 rings (SSSR count). The molecule has 4 heteroatoms. The molecule has 2 aromatic rings. The van der Waals surface area contributed by atoms with E-state index >= 15 is 0 Å². The molecular formula is C19H26N4. The normalized spacial score (nSPS) is 15.9. The van der Waals surface area contributed by atoms with E-state index in [2.05, 4.69) is 44.9 Å². The van der Waals surface area contributed by atoms with E-state index < -0.39 is 0 Å². The van der Waals surface area contributed by atoms with Gasteiger partial charge in [-0.15, -0.1) is 0 Å². The highest BCUT2D eigenvalue weighted by Gasteiger charge is 2.13. The van der Waals surface area contributed by atoms with Gasteiger partial charge in [0, 0.05) is 24.3 Å². The van der Waals surface area contributed by atoms with E-state index in [0.29, 0.717) is 6.04 Å². The first-order chi connectivity index (χ1) is 11.3. The lowest BCUT2D eigenvalue weighted by Gasteiger charge is -2.17. The van der Waals surface area contributed by atoms with Gasteiger partial charge in [-0.3, -0.25) is 0 Å². The lowest BCUT2D eigenvalue weighted by Crippen LogP contribution is -2.20. The SMILES string of the molecule is Cc1cc(NCc2ccccc2)nc(NC2CCCCCC2)n1. The molecule has 1 heterocycles. The summed E-state index contributed by atoms with van der Waals surface area (Å²) in [5.74, 6) is 1.64. The first-order valence-corrected chi connectivity index (χ1v) is 8.69. The molecule has 0 spiro atoms. The molecule has 1 aliphatic rings. The minimum Gasteiger partial charge on any atom is -0.366 e. The summed E-state index contributed by atoms with van der Waals surface area (Å²) in [6.07, 6.45) is 7.78. The van der Waals surface area contributed by atoms with Crippen LogP contribution >= 0.6 is 0 Å². The van der Waals surface area contributed by atoms with Crippen molar-refractivity contribution >= 4 is 11.8 Å². The highest BCUT2D eigenvalue weighted by Crippen LogP contribution is 2.20. The molecule has 1 aromatic carbocycles. The van der Waals surface area contributed by atoms with Gasteiger partial charge in [0.05, 0.1) is 0 Å². The molecule has 2 N–H and O–H groups in total. The maximum Gasteiger partial charge on any atom is 0.225 e. The second kappa shape index (κ2) is 7.95. The highest BCUT2D eigenvalue weighted by molar-refractivity contribution is 5.43. The predicted octanol–water partition coefficient (Wildman–Crippen LogP) is 4.53. The number of nitrogens with one attached hydrogen (secondary N) is 2. The van der Waals surface area contributed by atoms with Crippen molar-refractivity contribution in [2.45, 2.75) is 58.0 Å². The van der Waals surface area contributed by atoms with Crippen LogP contribution in [0.25, 0.3) is 0 Å². The van der Waals surface area contributed by atoms with Crippen LogP contribution < -0.4 is 10.6 Å². The summed E-state index contributed by atoms with van der Waals surface area (Å²) in [5, 5.41) is 6.94. The number of hydrogen-bond acceptors (Lipinski definition) is 4. The molecule has 122 valence electrons. The van der Waals surface area contributed by atoms with E-state index in [1.54, 1.807) is 0 Å². The van der Waals surface area contributed by atoms with Crippen molar-refractivity contribution in [3.63, 3.8) is 0 Å². The van der Waals surface area contributed by atoms with Crippen LogP contribution in [-0.4, -0.2) is 16.0 Å². The summed E-state index contributed by atoms with van der Waals surface area (Å²) in [4.78, 5) is 9.19. The standard InChI is InChI=1S/C19H26N4/c1-15-13-18(20-14-16-9-5-4-6-10-16)23-19(21-15)22-17-11-7-2-3-8-12-17/h4-6,9-10,13,17H,2-3,7-8,11-12,14H2,1H3,(H2,20,21,22,23). The Morgan fingerprint density at radius 2 is 1.74 bits per heavy atom. The molecule has 1 fully saturated rings. The zero-order valence-corrected chi connectivity index (χ0v) is 13.9. The fourth-order valence-corrected chi connectivity index (χ4v) is 3.12. The second-order valence-corrected chi connectivity index (χ2v) is 6.39. The number of nitrogens with zero attached hydrogens (tertiary/aromatic N) is 2. The van der Waals surface area contributed by atoms with Crippen molar-refractivity contribution in [3.8, 4) is 0 Å². The molecule has 1 saturated carbocycles. The second-order valence-electron chi connectivity index (χ2n) is 6.39. The van der Waals surface area contributed by atoms with Crippen LogP contribution in [0.4, 0.5) is 11.8 Å². The summed E-state index contributed by atoms with van der Waals surface area (Å²) in [6.45, 7) is 2.80. The minimum atomic E-state index is 0.515. The zero-order valence-electron chi connectivity index (χ0n) is 13.9. The van der Waals surface area contributed by atoms with Crippen molar-refractivity contribution < 1.29 is 0 Å². The lowest BCUT2D eigenvalue weighted by atomic mass is 10.1. The van der Waals surface area contributed by atoms with E-state index in [0.717, 1.165) is 24.0 Å². The zero-order chi connectivity index (χ0) is 15.9. The molecule has 0 aliphatic heterocycles. The third-order valence-electron chi connectivity index (χ3n) is 4.36. The van der Waals surface area contributed by atoms with E-state index in [4.69, 9.17) is 0 Å². The third-order valence-corrected chi connectivity index (χ3v) is 4.36. The summed E-state index contributed by atoms with van der Waals surface area (Å²) in [7, 11) is 0. The summed E-state index contributed by atoms with van der Waals surface area (Å²) >= 11 is 0. The fourth-order valence-electron chi connectivity index (χ4n) is 3.12. The van der Waals surface area contributed by atoms with E-state index in [-0.39, 0.29) is 0 Å². The van der Waals surface area contributed by atoms with Gasteiger partial charge in [-0.2, -0.15) is 4.98 Å². The maximum atomic E-state index is 4.64. The number of aryl methyl sites for hydroxylation is 1. The first kappa shape index (κ1) is 15.8. The van der Waals surface area contributed by atoms with Crippen molar-refractivity contribution in [3.05, 3.63) is 47.7 Å². The highest BCUT2D eigenvalue weighted by atomic mass is 15.2. The average Bonchev–Trinajstić information content (AvgIpc) is 2.82. The minimum absolute atomic E-state index is 0.515. The van der Waals surface area contributed by atoms with Gasteiger partial charge in [0.2, 0.25) is 5.95 Å². The third kappa shape index (κ3) is 4.95. The van der Waals surface area contributed by atoms with Crippen molar-refractivity contribution in [1.82, 2.24) is 9.97 Å². The van der Waals surface area contributed by atoms with Gasteiger partial charge in [0.1, 0.15) is 5.82 Å². The van der Waals surface area contributed by atoms with Gasteiger partial charge in [0.15, 0.2) is 0 Å². The van der Waals surface area contributed by atoms with Crippen molar-refractivity contribution in [2.24, 2.45) is 0 Å². The molecule has 0 atom stereocenters. The monoisotopic (exact) mass is 310 g/mol. The van der Waals surface area contributed by atoms with Gasteiger partial charge in [-0.1, -0.05) is 56.0 Å². The smallest absolute Gasteiger partial charge is 0.225 e. The Balaban J connectivity index is 1.63. The number of hydrogen-bond donors (Lipinski definition) is 2. The Labute approximate surface area is 138 Å². The van der Waals surface area contributed by atoms with Gasteiger partial charge in [-0.25, -0.2) is 4.98 Å². The van der Waals surface area contributed by atoms with E-state index in [9.17, 15) is 0 Å². The molecule has 1 aliphatic carbocycles. The van der Waals surface area contributed by atoms with Crippen molar-refractivity contribution in [2.75, 3.05) is 10.6 Å². The molecular weight excluding hydrogens is 284 g/mol. The number of rotatable bonds is 5. The summed E-state index contributed by atoms with van der Waals surface area (Å²) < 4.78 is 0. The first-order valence-electron chi connectivity index (χ1n) is 8.69. The quantitative estimate of drug-likeness (QED) is 0.797. The number of anilines is 2. The fraction of sp³-hybridized carbons (Fsp3) is 0.474. The predicted molar refractivity (Wildman–Crippen MR) is 95.7 cm³/mol. The van der Waals surface area contributed by atoms with Gasteiger partial charge < -0.3 is 10.6 Å². The van der Waals surface area contributed by atoms with Gasteiger partial charge >= 0.3 is 0 Å². The van der Waals surface area contributed by atoms with Crippen LogP contribution in [0.1, 0.15) is 49.8 Å². The van der Waals surface area contributed by atoms with Crippen LogP contribution in [-0.2, 0) is 6.54 Å². The number of benzene rings is 1. The van der Waals surface area contributed by atoms with E-state index in [1.165, 1.54) is 44.1 Å². The largest absolute Gasteiger partial charge is 0.366 e. The van der Waals surface area contributed by atoms with Crippen LogP contribution in [0.2, 0.25) is 0 Å². The molecule has 0 unspecified atom stereocenters. The van der Waals surface area contributed by atoms with Gasteiger partial charge in [-0.05, 0) is 25.3 Å². The van der Waals surface area contributed by atoms with Crippen molar-refractivity contribution in [1.29, 1.82) is 0 Å². The summed E-state index contributed by atoms with van der Waals surface area (Å²) in [6, 6.07) is 12.9. The van der Waals surface area contributed by atoms with Crippen LogP contribution in [0.3, 0.4) is 0 Å². The Morgan fingerprint density at radius 3 is 2.48 bits per heavy atom. The topological polar surface area (TPSA) is 49.8 Å². The number of aromatic nitrogens is 2. The lowest BCUT2D eigenvalue weighted by molar-refractivity contribution is 0.614. The molecule has 0 radical (unpaired) electrons. The Hall–Kier alpha value is -2.10. The Morgan fingerprint density at radius 1 is 1.00 bits per heavy atom.